The summed E-state index contributed by atoms with van der Waals surface area (Å²) in [7, 11) is 1.57. The van der Waals surface area contributed by atoms with E-state index in [-0.39, 0.29) is 0 Å². The van der Waals surface area contributed by atoms with Gasteiger partial charge in [0.05, 0.1) is 6.04 Å². The highest BCUT2D eigenvalue weighted by atomic mass is 32.2. The second kappa shape index (κ2) is 6.00. The molecule has 0 saturated heterocycles. The van der Waals surface area contributed by atoms with E-state index in [9.17, 15) is 9.59 Å². The maximum atomic E-state index is 11.6. The molecule has 0 heterocycles. The molecule has 0 fully saturated rings. The highest BCUT2D eigenvalue weighted by Gasteiger charge is 2.24. The summed E-state index contributed by atoms with van der Waals surface area (Å²) in [5.41, 5.74) is -0.530. The van der Waals surface area contributed by atoms with Gasteiger partial charge in [0.25, 0.3) is 0 Å². The summed E-state index contributed by atoms with van der Waals surface area (Å²) in [5, 5.41) is 0. The van der Waals surface area contributed by atoms with E-state index in [1.165, 1.54) is 16.7 Å². The number of rotatable bonds is 4. The molecule has 0 bridgehead atoms. The summed E-state index contributed by atoms with van der Waals surface area (Å²) < 4.78 is 5.15. The number of carbonyl (C=O) groups is 2. The largest absolute Gasteiger partial charge is 0.444 e. The van der Waals surface area contributed by atoms with Crippen LogP contribution in [-0.2, 0) is 9.53 Å². The van der Waals surface area contributed by atoms with Gasteiger partial charge in [-0.3, -0.25) is 0 Å². The molecule has 0 aromatic heterocycles. The molecule has 88 valence electrons. The molecule has 0 aromatic rings. The second-order valence-electron chi connectivity index (χ2n) is 4.25. The lowest BCUT2D eigenvalue weighted by molar-refractivity contribution is -0.111. The lowest BCUT2D eigenvalue weighted by atomic mass is 10.2. The molecule has 0 aromatic carbocycles. The molecule has 0 radical (unpaired) electrons. The van der Waals surface area contributed by atoms with Gasteiger partial charge in [-0.2, -0.15) is 11.8 Å². The summed E-state index contributed by atoms with van der Waals surface area (Å²) in [6.45, 7) is 5.38. The van der Waals surface area contributed by atoms with Crippen LogP contribution in [0.3, 0.4) is 0 Å². The minimum absolute atomic E-state index is 0.421. The zero-order valence-electron chi connectivity index (χ0n) is 9.94. The lowest BCUT2D eigenvalue weighted by Crippen LogP contribution is -2.42. The Morgan fingerprint density at radius 1 is 1.53 bits per heavy atom. The normalized spacial score (nSPS) is 13.1. The van der Waals surface area contributed by atoms with Crippen molar-refractivity contribution in [3.8, 4) is 0 Å². The van der Waals surface area contributed by atoms with E-state index in [0.717, 1.165) is 6.29 Å². The smallest absolute Gasteiger partial charge is 0.410 e. The van der Waals surface area contributed by atoms with Crippen molar-refractivity contribution in [1.82, 2.24) is 4.90 Å². The fourth-order valence-corrected chi connectivity index (χ4v) is 1.53. The van der Waals surface area contributed by atoms with Crippen molar-refractivity contribution in [1.29, 1.82) is 0 Å². The van der Waals surface area contributed by atoms with Gasteiger partial charge >= 0.3 is 6.09 Å². The van der Waals surface area contributed by atoms with Crippen LogP contribution in [0.2, 0.25) is 0 Å². The van der Waals surface area contributed by atoms with Crippen molar-refractivity contribution < 1.29 is 14.3 Å². The van der Waals surface area contributed by atoms with Gasteiger partial charge in [-0.05, 0) is 27.0 Å². The second-order valence-corrected chi connectivity index (χ2v) is 5.16. The molecule has 5 heteroatoms. The molecule has 1 unspecified atom stereocenters. The van der Waals surface area contributed by atoms with Crippen LogP contribution in [0.1, 0.15) is 20.8 Å². The Bertz CT molecular complexity index is 225. The van der Waals surface area contributed by atoms with Crippen molar-refractivity contribution in [3.05, 3.63) is 0 Å². The number of ether oxygens (including phenoxy) is 1. The number of likely N-dealkylation sites (N-methyl/N-ethyl adjacent to an activating group) is 1. The van der Waals surface area contributed by atoms with Crippen molar-refractivity contribution in [2.75, 3.05) is 19.1 Å². The highest BCUT2D eigenvalue weighted by molar-refractivity contribution is 7.98. The Labute approximate surface area is 95.3 Å². The maximum absolute atomic E-state index is 11.6. The number of hydrogen-bond acceptors (Lipinski definition) is 4. The molecular weight excluding hydrogens is 214 g/mol. The molecule has 1 amide bonds. The van der Waals surface area contributed by atoms with Gasteiger partial charge < -0.3 is 14.4 Å². The number of thioether (sulfide) groups is 1. The van der Waals surface area contributed by atoms with Gasteiger partial charge in [0.2, 0.25) is 0 Å². The van der Waals surface area contributed by atoms with Crippen LogP contribution in [0, 0.1) is 0 Å². The van der Waals surface area contributed by atoms with Crippen LogP contribution in [0.15, 0.2) is 0 Å². The first-order chi connectivity index (χ1) is 6.81. The van der Waals surface area contributed by atoms with E-state index >= 15 is 0 Å². The maximum Gasteiger partial charge on any atom is 0.410 e. The third-order valence-corrected chi connectivity index (χ3v) is 2.35. The summed E-state index contributed by atoms with van der Waals surface area (Å²) in [5.74, 6) is 0.583. The fraction of sp³-hybridized carbons (Fsp3) is 0.800. The molecule has 0 aliphatic heterocycles. The van der Waals surface area contributed by atoms with E-state index in [2.05, 4.69) is 0 Å². The Morgan fingerprint density at radius 2 is 2.07 bits per heavy atom. The van der Waals surface area contributed by atoms with Crippen LogP contribution in [0.25, 0.3) is 0 Å². The summed E-state index contributed by atoms with van der Waals surface area (Å²) in [6.07, 6.45) is 2.19. The first kappa shape index (κ1) is 14.3. The predicted molar refractivity (Wildman–Crippen MR) is 62.2 cm³/mol. The van der Waals surface area contributed by atoms with Gasteiger partial charge in [0, 0.05) is 12.8 Å². The average Bonchev–Trinajstić information content (AvgIpc) is 2.10. The number of aldehydes is 1. The standard InChI is InChI=1S/C10H19NO3S/c1-10(2,3)14-9(13)11(4)8(6-12)7-15-5/h6,8H,7H2,1-5H3. The summed E-state index contributed by atoms with van der Waals surface area (Å²) in [6, 6.07) is -0.421. The average molecular weight is 233 g/mol. The van der Waals surface area contributed by atoms with E-state index in [1.807, 2.05) is 6.26 Å². The molecule has 0 spiro atoms. The monoisotopic (exact) mass is 233 g/mol. The number of carbonyl (C=O) groups excluding carboxylic acids is 2. The molecule has 15 heavy (non-hydrogen) atoms. The van der Waals surface area contributed by atoms with E-state index < -0.39 is 17.7 Å². The zero-order chi connectivity index (χ0) is 12.1. The molecule has 0 aliphatic carbocycles. The highest BCUT2D eigenvalue weighted by Crippen LogP contribution is 2.11. The number of hydrogen-bond donors (Lipinski definition) is 0. The molecule has 0 aliphatic rings. The molecule has 0 rings (SSSR count). The fourth-order valence-electron chi connectivity index (χ4n) is 0.882. The first-order valence-electron chi connectivity index (χ1n) is 4.72. The minimum Gasteiger partial charge on any atom is -0.444 e. The van der Waals surface area contributed by atoms with Crippen molar-refractivity contribution in [2.24, 2.45) is 0 Å². The first-order valence-corrected chi connectivity index (χ1v) is 6.11. The summed E-state index contributed by atoms with van der Waals surface area (Å²) in [4.78, 5) is 23.6. The predicted octanol–water partition coefficient (Wildman–Crippen LogP) is 1.78. The summed E-state index contributed by atoms with van der Waals surface area (Å²) >= 11 is 1.52. The lowest BCUT2D eigenvalue weighted by Gasteiger charge is -2.27. The van der Waals surface area contributed by atoms with Gasteiger partial charge in [0.1, 0.15) is 11.9 Å². The SMILES string of the molecule is CSCC(C=O)N(C)C(=O)OC(C)(C)C. The molecule has 1 atom stereocenters. The Morgan fingerprint density at radius 3 is 2.40 bits per heavy atom. The molecular formula is C10H19NO3S. The number of amides is 1. The van der Waals surface area contributed by atoms with Gasteiger partial charge in [0.15, 0.2) is 0 Å². The molecule has 0 N–H and O–H groups in total. The minimum atomic E-state index is -0.530. The Balaban J connectivity index is 4.34. The van der Waals surface area contributed by atoms with E-state index in [1.54, 1.807) is 27.8 Å². The van der Waals surface area contributed by atoms with Crippen LogP contribution in [0.4, 0.5) is 4.79 Å². The third kappa shape index (κ3) is 5.67. The Hall–Kier alpha value is -0.710. The molecule has 0 saturated carbocycles. The van der Waals surface area contributed by atoms with Gasteiger partial charge in [-0.1, -0.05) is 0 Å². The Kier molecular flexibility index (Phi) is 5.72. The van der Waals surface area contributed by atoms with Crippen molar-refractivity contribution in [2.45, 2.75) is 32.4 Å². The quantitative estimate of drug-likeness (QED) is 0.694. The van der Waals surface area contributed by atoms with E-state index in [0.29, 0.717) is 5.75 Å². The van der Waals surface area contributed by atoms with Crippen LogP contribution >= 0.6 is 11.8 Å². The van der Waals surface area contributed by atoms with Crippen LogP contribution in [-0.4, -0.2) is 48.0 Å². The van der Waals surface area contributed by atoms with Crippen molar-refractivity contribution >= 4 is 24.1 Å². The molecule has 4 nitrogen and oxygen atoms in total. The van der Waals surface area contributed by atoms with E-state index in [4.69, 9.17) is 4.74 Å². The zero-order valence-corrected chi connectivity index (χ0v) is 10.8. The third-order valence-electron chi connectivity index (χ3n) is 1.67. The van der Waals surface area contributed by atoms with Gasteiger partial charge in [-0.25, -0.2) is 4.79 Å². The van der Waals surface area contributed by atoms with Crippen LogP contribution in [0.5, 0.6) is 0 Å². The topological polar surface area (TPSA) is 46.6 Å². The van der Waals surface area contributed by atoms with Gasteiger partial charge in [-0.15, -0.1) is 0 Å². The van der Waals surface area contributed by atoms with Crippen molar-refractivity contribution in [3.63, 3.8) is 0 Å². The van der Waals surface area contributed by atoms with Crippen LogP contribution < -0.4 is 0 Å². The number of nitrogens with zero attached hydrogens (tertiary/aromatic N) is 1.